The van der Waals surface area contributed by atoms with Crippen molar-refractivity contribution in [1.29, 1.82) is 0 Å². The molecule has 0 saturated carbocycles. The van der Waals surface area contributed by atoms with Gasteiger partial charge >= 0.3 is 0 Å². The molecular weight excluding hydrogens is 246 g/mol. The molecule has 0 aliphatic carbocycles. The summed E-state index contributed by atoms with van der Waals surface area (Å²) >= 11 is 1.67. The molecule has 0 aliphatic heterocycles. The van der Waals surface area contributed by atoms with Gasteiger partial charge in [0.2, 0.25) is 0 Å². The molecule has 2 heterocycles. The summed E-state index contributed by atoms with van der Waals surface area (Å²) in [5.74, 6) is 0.393. The number of rotatable bonds is 5. The van der Waals surface area contributed by atoms with Crippen LogP contribution in [0.4, 0.5) is 5.13 Å². The topological polar surface area (TPSA) is 76.7 Å². The fourth-order valence-corrected chi connectivity index (χ4v) is 2.81. The summed E-state index contributed by atoms with van der Waals surface area (Å²) in [4.78, 5) is 13.9. The van der Waals surface area contributed by atoms with Gasteiger partial charge in [0.1, 0.15) is 6.33 Å². The largest absolute Gasteiger partial charge is 0.365 e. The molecule has 0 saturated heterocycles. The Morgan fingerprint density at radius 3 is 2.72 bits per heavy atom. The molecule has 1 unspecified atom stereocenters. The third-order valence-electron chi connectivity index (χ3n) is 2.75. The zero-order valence-electron chi connectivity index (χ0n) is 10.6. The van der Waals surface area contributed by atoms with E-state index in [1.807, 2.05) is 7.05 Å². The number of nitrogens with two attached hydrogens (primary N) is 1. The number of nitrogens with zero attached hydrogens (tertiary/aromatic N) is 3. The molecule has 0 bridgehead atoms. The van der Waals surface area contributed by atoms with Crippen LogP contribution in [0.15, 0.2) is 18.7 Å². The lowest BCUT2D eigenvalue weighted by Crippen LogP contribution is -2.04. The molecule has 0 aliphatic rings. The van der Waals surface area contributed by atoms with Crippen LogP contribution >= 0.6 is 11.3 Å². The van der Waals surface area contributed by atoms with Crippen molar-refractivity contribution in [2.24, 2.45) is 5.73 Å². The highest BCUT2D eigenvalue weighted by Crippen LogP contribution is 2.36. The van der Waals surface area contributed by atoms with E-state index in [0.717, 1.165) is 22.8 Å². The van der Waals surface area contributed by atoms with E-state index in [4.69, 9.17) is 5.73 Å². The first-order valence-corrected chi connectivity index (χ1v) is 6.71. The van der Waals surface area contributed by atoms with Crippen molar-refractivity contribution < 1.29 is 0 Å². The molecule has 18 heavy (non-hydrogen) atoms. The van der Waals surface area contributed by atoms with E-state index in [1.165, 1.54) is 11.2 Å². The van der Waals surface area contributed by atoms with E-state index >= 15 is 0 Å². The van der Waals surface area contributed by atoms with Crippen molar-refractivity contribution in [2.45, 2.75) is 19.3 Å². The van der Waals surface area contributed by atoms with Crippen LogP contribution in [0.3, 0.4) is 0 Å². The third-order valence-corrected chi connectivity index (χ3v) is 4.05. The molecule has 2 aromatic rings. The SMILES string of the molecule is CNc1nc(-c2cncnc2)c(C(C)CCN)s1. The molecule has 0 fully saturated rings. The van der Waals surface area contributed by atoms with Crippen LogP contribution in [0.1, 0.15) is 24.1 Å². The summed E-state index contributed by atoms with van der Waals surface area (Å²) in [7, 11) is 1.88. The predicted molar refractivity (Wildman–Crippen MR) is 74.8 cm³/mol. The highest BCUT2D eigenvalue weighted by Gasteiger charge is 2.17. The Labute approximate surface area is 111 Å². The van der Waals surface area contributed by atoms with Gasteiger partial charge in [-0.2, -0.15) is 0 Å². The Balaban J connectivity index is 2.42. The molecule has 1 atom stereocenters. The average Bonchev–Trinajstić information content (AvgIpc) is 2.84. The molecule has 0 amide bonds. The number of anilines is 1. The summed E-state index contributed by atoms with van der Waals surface area (Å²) in [6.07, 6.45) is 6.06. The van der Waals surface area contributed by atoms with Gasteiger partial charge in [0, 0.05) is 29.9 Å². The Morgan fingerprint density at radius 2 is 2.11 bits per heavy atom. The Hall–Kier alpha value is -1.53. The van der Waals surface area contributed by atoms with Crippen molar-refractivity contribution in [3.63, 3.8) is 0 Å². The van der Waals surface area contributed by atoms with Crippen LogP contribution < -0.4 is 11.1 Å². The first kappa shape index (κ1) is 12.9. The lowest BCUT2D eigenvalue weighted by Gasteiger charge is -2.09. The second kappa shape index (κ2) is 5.88. The molecule has 96 valence electrons. The zero-order chi connectivity index (χ0) is 13.0. The summed E-state index contributed by atoms with van der Waals surface area (Å²) in [6.45, 7) is 2.85. The minimum absolute atomic E-state index is 0.393. The molecular formula is C12H17N5S. The van der Waals surface area contributed by atoms with Gasteiger partial charge in [-0.05, 0) is 18.9 Å². The normalized spacial score (nSPS) is 12.4. The molecule has 2 aromatic heterocycles. The summed E-state index contributed by atoms with van der Waals surface area (Å²) in [6, 6.07) is 0. The third kappa shape index (κ3) is 2.65. The van der Waals surface area contributed by atoms with Crippen LogP contribution in [-0.2, 0) is 0 Å². The van der Waals surface area contributed by atoms with Crippen LogP contribution in [0.5, 0.6) is 0 Å². The Kier molecular flexibility index (Phi) is 4.22. The smallest absolute Gasteiger partial charge is 0.183 e. The average molecular weight is 263 g/mol. The van der Waals surface area contributed by atoms with Crippen LogP contribution in [0.25, 0.3) is 11.3 Å². The van der Waals surface area contributed by atoms with Crippen molar-refractivity contribution in [3.8, 4) is 11.3 Å². The van der Waals surface area contributed by atoms with E-state index in [1.54, 1.807) is 23.7 Å². The maximum absolute atomic E-state index is 5.64. The Bertz CT molecular complexity index is 496. The minimum atomic E-state index is 0.393. The van der Waals surface area contributed by atoms with Gasteiger partial charge in [-0.25, -0.2) is 15.0 Å². The summed E-state index contributed by atoms with van der Waals surface area (Å²) < 4.78 is 0. The standard InChI is InChI=1S/C12H17N5S/c1-8(3-4-13)11-10(17-12(14-2)18-11)9-5-15-7-16-6-9/h5-8H,3-4,13H2,1-2H3,(H,14,17). The highest BCUT2D eigenvalue weighted by atomic mass is 32.1. The lowest BCUT2D eigenvalue weighted by molar-refractivity contribution is 0.701. The van der Waals surface area contributed by atoms with Crippen molar-refractivity contribution in [3.05, 3.63) is 23.6 Å². The van der Waals surface area contributed by atoms with Gasteiger partial charge in [0.05, 0.1) is 5.69 Å². The minimum Gasteiger partial charge on any atom is -0.365 e. The predicted octanol–water partition coefficient (Wildman–Crippen LogP) is 2.09. The molecule has 3 N–H and O–H groups in total. The maximum atomic E-state index is 5.64. The fraction of sp³-hybridized carbons (Fsp3) is 0.417. The monoisotopic (exact) mass is 263 g/mol. The van der Waals surface area contributed by atoms with E-state index in [0.29, 0.717) is 12.5 Å². The molecule has 2 rings (SSSR count). The quantitative estimate of drug-likeness (QED) is 0.863. The van der Waals surface area contributed by atoms with E-state index in [2.05, 4.69) is 27.2 Å². The van der Waals surface area contributed by atoms with Crippen LogP contribution in [0, 0.1) is 0 Å². The van der Waals surface area contributed by atoms with Crippen LogP contribution in [0.2, 0.25) is 0 Å². The van der Waals surface area contributed by atoms with Gasteiger partial charge in [0.25, 0.3) is 0 Å². The molecule has 0 aromatic carbocycles. The zero-order valence-corrected chi connectivity index (χ0v) is 11.4. The summed E-state index contributed by atoms with van der Waals surface area (Å²) in [5.41, 5.74) is 7.56. The summed E-state index contributed by atoms with van der Waals surface area (Å²) in [5, 5.41) is 4.00. The molecule has 6 heteroatoms. The lowest BCUT2D eigenvalue weighted by atomic mass is 10.0. The number of hydrogen-bond acceptors (Lipinski definition) is 6. The fourth-order valence-electron chi connectivity index (χ4n) is 1.78. The highest BCUT2D eigenvalue weighted by molar-refractivity contribution is 7.16. The van der Waals surface area contributed by atoms with Crippen molar-refractivity contribution >= 4 is 16.5 Å². The first-order chi connectivity index (χ1) is 8.76. The van der Waals surface area contributed by atoms with Crippen LogP contribution in [-0.4, -0.2) is 28.5 Å². The number of aromatic nitrogens is 3. The molecule has 0 radical (unpaired) electrons. The number of nitrogens with one attached hydrogen (secondary N) is 1. The maximum Gasteiger partial charge on any atom is 0.183 e. The van der Waals surface area contributed by atoms with Gasteiger partial charge < -0.3 is 11.1 Å². The van der Waals surface area contributed by atoms with Gasteiger partial charge in [-0.3, -0.25) is 0 Å². The van der Waals surface area contributed by atoms with E-state index in [-0.39, 0.29) is 0 Å². The second-order valence-corrected chi connectivity index (χ2v) is 5.12. The number of thiazole rings is 1. The number of hydrogen-bond donors (Lipinski definition) is 2. The van der Waals surface area contributed by atoms with Crippen molar-refractivity contribution in [1.82, 2.24) is 15.0 Å². The second-order valence-electron chi connectivity index (χ2n) is 4.09. The van der Waals surface area contributed by atoms with Crippen molar-refractivity contribution in [2.75, 3.05) is 18.9 Å². The van der Waals surface area contributed by atoms with Gasteiger partial charge in [-0.1, -0.05) is 6.92 Å². The van der Waals surface area contributed by atoms with Gasteiger partial charge in [0.15, 0.2) is 5.13 Å². The first-order valence-electron chi connectivity index (χ1n) is 5.90. The van der Waals surface area contributed by atoms with E-state index in [9.17, 15) is 0 Å². The molecule has 0 spiro atoms. The molecule has 5 nitrogen and oxygen atoms in total. The van der Waals surface area contributed by atoms with Gasteiger partial charge in [-0.15, -0.1) is 11.3 Å². The van der Waals surface area contributed by atoms with E-state index < -0.39 is 0 Å². The Morgan fingerprint density at radius 1 is 1.39 bits per heavy atom.